The molecule has 5 nitrogen and oxygen atoms in total. The number of hydrogen-bond acceptors (Lipinski definition) is 5. The van der Waals surface area contributed by atoms with Crippen molar-refractivity contribution in [3.05, 3.63) is 42.2 Å². The van der Waals surface area contributed by atoms with E-state index in [2.05, 4.69) is 26.3 Å². The van der Waals surface area contributed by atoms with Crippen molar-refractivity contribution in [2.24, 2.45) is 0 Å². The minimum atomic E-state index is 0.524. The molecule has 3 heterocycles. The lowest BCUT2D eigenvalue weighted by molar-refractivity contribution is 0.938. The number of nitriles is 1. The Hall–Kier alpha value is -2.61. The van der Waals surface area contributed by atoms with Gasteiger partial charge in [-0.05, 0) is 37.1 Å². The maximum atomic E-state index is 9.03. The summed E-state index contributed by atoms with van der Waals surface area (Å²) in [6.45, 7) is 2.16. The van der Waals surface area contributed by atoms with Crippen LogP contribution in [-0.2, 0) is 0 Å². The second kappa shape index (κ2) is 5.57. The maximum absolute atomic E-state index is 9.03. The van der Waals surface area contributed by atoms with Crippen LogP contribution in [0, 0.1) is 11.3 Å². The normalized spacial score (nSPS) is 14.1. The molecular weight excluding hydrogens is 250 g/mol. The summed E-state index contributed by atoms with van der Waals surface area (Å²) >= 11 is 0. The fourth-order valence-corrected chi connectivity index (χ4v) is 2.33. The van der Waals surface area contributed by atoms with E-state index in [0.717, 1.165) is 24.6 Å². The lowest BCUT2D eigenvalue weighted by Crippen LogP contribution is -2.18. The van der Waals surface area contributed by atoms with Gasteiger partial charge in [0.1, 0.15) is 17.7 Å². The van der Waals surface area contributed by atoms with E-state index in [0.29, 0.717) is 11.4 Å². The van der Waals surface area contributed by atoms with Crippen LogP contribution in [0.1, 0.15) is 18.4 Å². The first-order valence-corrected chi connectivity index (χ1v) is 6.70. The molecule has 0 bridgehead atoms. The summed E-state index contributed by atoms with van der Waals surface area (Å²) in [6, 6.07) is 9.58. The van der Waals surface area contributed by atoms with Crippen LogP contribution in [0.3, 0.4) is 0 Å². The number of rotatable bonds is 3. The molecule has 1 saturated heterocycles. The van der Waals surface area contributed by atoms with Gasteiger partial charge in [0.2, 0.25) is 0 Å². The van der Waals surface area contributed by atoms with Crippen LogP contribution < -0.4 is 10.2 Å². The van der Waals surface area contributed by atoms with Crippen molar-refractivity contribution in [3.8, 4) is 6.07 Å². The highest BCUT2D eigenvalue weighted by Crippen LogP contribution is 2.21. The molecule has 0 unspecified atom stereocenters. The Kier molecular flexibility index (Phi) is 3.46. The van der Waals surface area contributed by atoms with E-state index in [4.69, 9.17) is 5.26 Å². The van der Waals surface area contributed by atoms with Gasteiger partial charge in [-0.3, -0.25) is 0 Å². The molecule has 0 amide bonds. The van der Waals surface area contributed by atoms with Gasteiger partial charge >= 0.3 is 0 Å². The Morgan fingerprint density at radius 2 is 2.00 bits per heavy atom. The molecule has 5 heteroatoms. The molecule has 0 aromatic carbocycles. The Morgan fingerprint density at radius 1 is 1.15 bits per heavy atom. The molecule has 0 saturated carbocycles. The van der Waals surface area contributed by atoms with Crippen LogP contribution in [0.4, 0.5) is 17.3 Å². The lowest BCUT2D eigenvalue weighted by Gasteiger charge is -2.16. The highest BCUT2D eigenvalue weighted by atomic mass is 15.2. The molecule has 2 aromatic heterocycles. The standard InChI is InChI=1S/C15H15N5/c16-10-12-4-3-7-17-15(12)19-13-5-6-14(18-11-13)20-8-1-2-9-20/h3-7,11H,1-2,8-9H2,(H,17,19). The summed E-state index contributed by atoms with van der Waals surface area (Å²) in [5.41, 5.74) is 1.36. The average Bonchev–Trinajstić information content (AvgIpc) is 3.03. The largest absolute Gasteiger partial charge is 0.357 e. The van der Waals surface area contributed by atoms with Crippen molar-refractivity contribution in [2.75, 3.05) is 23.3 Å². The highest BCUT2D eigenvalue weighted by molar-refractivity contribution is 5.62. The molecule has 1 N–H and O–H groups in total. The topological polar surface area (TPSA) is 64.8 Å². The first kappa shape index (κ1) is 12.4. The van der Waals surface area contributed by atoms with E-state index in [1.54, 1.807) is 24.5 Å². The molecule has 0 aliphatic carbocycles. The van der Waals surface area contributed by atoms with Crippen LogP contribution in [0.25, 0.3) is 0 Å². The minimum Gasteiger partial charge on any atom is -0.357 e. The van der Waals surface area contributed by atoms with Crippen LogP contribution in [0.5, 0.6) is 0 Å². The van der Waals surface area contributed by atoms with Crippen molar-refractivity contribution < 1.29 is 0 Å². The Labute approximate surface area is 117 Å². The van der Waals surface area contributed by atoms with Gasteiger partial charge in [-0.2, -0.15) is 5.26 Å². The summed E-state index contributed by atoms with van der Waals surface area (Å²) in [4.78, 5) is 10.9. The Morgan fingerprint density at radius 3 is 2.70 bits per heavy atom. The fraction of sp³-hybridized carbons (Fsp3) is 0.267. The third-order valence-corrected chi connectivity index (χ3v) is 3.37. The van der Waals surface area contributed by atoms with Gasteiger partial charge < -0.3 is 10.2 Å². The monoisotopic (exact) mass is 265 g/mol. The number of nitrogens with one attached hydrogen (secondary N) is 1. The molecule has 1 fully saturated rings. The van der Waals surface area contributed by atoms with Gasteiger partial charge in [0.25, 0.3) is 0 Å². The maximum Gasteiger partial charge on any atom is 0.148 e. The van der Waals surface area contributed by atoms with Crippen LogP contribution in [0.2, 0.25) is 0 Å². The van der Waals surface area contributed by atoms with Crippen molar-refractivity contribution in [1.29, 1.82) is 5.26 Å². The predicted molar refractivity (Wildman–Crippen MR) is 77.9 cm³/mol. The molecule has 20 heavy (non-hydrogen) atoms. The van der Waals surface area contributed by atoms with Crippen molar-refractivity contribution in [1.82, 2.24) is 9.97 Å². The summed E-state index contributed by atoms with van der Waals surface area (Å²) in [6.07, 6.45) is 5.92. The minimum absolute atomic E-state index is 0.524. The third-order valence-electron chi connectivity index (χ3n) is 3.37. The summed E-state index contributed by atoms with van der Waals surface area (Å²) in [5.74, 6) is 1.57. The quantitative estimate of drug-likeness (QED) is 0.924. The summed E-state index contributed by atoms with van der Waals surface area (Å²) < 4.78 is 0. The Balaban J connectivity index is 1.76. The van der Waals surface area contributed by atoms with E-state index in [-0.39, 0.29) is 0 Å². The molecule has 3 rings (SSSR count). The molecule has 0 atom stereocenters. The van der Waals surface area contributed by atoms with E-state index in [9.17, 15) is 0 Å². The summed E-state index contributed by atoms with van der Waals surface area (Å²) in [5, 5.41) is 12.2. The molecule has 1 aliphatic rings. The second-order valence-corrected chi connectivity index (χ2v) is 4.74. The molecule has 0 spiro atoms. The fourth-order valence-electron chi connectivity index (χ4n) is 2.33. The number of anilines is 3. The molecular formula is C15H15N5. The number of pyridine rings is 2. The van der Waals surface area contributed by atoms with Gasteiger partial charge in [-0.15, -0.1) is 0 Å². The van der Waals surface area contributed by atoms with E-state index in [1.807, 2.05) is 12.1 Å². The zero-order valence-electron chi connectivity index (χ0n) is 11.1. The van der Waals surface area contributed by atoms with Gasteiger partial charge in [0.05, 0.1) is 17.4 Å². The van der Waals surface area contributed by atoms with Crippen molar-refractivity contribution >= 4 is 17.3 Å². The zero-order chi connectivity index (χ0) is 13.8. The molecule has 0 radical (unpaired) electrons. The van der Waals surface area contributed by atoms with Gasteiger partial charge in [-0.1, -0.05) is 0 Å². The van der Waals surface area contributed by atoms with Crippen LogP contribution >= 0.6 is 0 Å². The first-order valence-electron chi connectivity index (χ1n) is 6.70. The van der Waals surface area contributed by atoms with Gasteiger partial charge in [-0.25, -0.2) is 9.97 Å². The smallest absolute Gasteiger partial charge is 0.148 e. The van der Waals surface area contributed by atoms with Gasteiger partial charge in [0, 0.05) is 19.3 Å². The molecule has 2 aromatic rings. The highest BCUT2D eigenvalue weighted by Gasteiger charge is 2.13. The lowest BCUT2D eigenvalue weighted by atomic mass is 10.2. The van der Waals surface area contributed by atoms with E-state index < -0.39 is 0 Å². The van der Waals surface area contributed by atoms with Crippen molar-refractivity contribution in [3.63, 3.8) is 0 Å². The average molecular weight is 265 g/mol. The Bertz CT molecular complexity index is 623. The zero-order valence-corrected chi connectivity index (χ0v) is 11.1. The number of hydrogen-bond donors (Lipinski definition) is 1. The van der Waals surface area contributed by atoms with Crippen LogP contribution in [-0.4, -0.2) is 23.1 Å². The summed E-state index contributed by atoms with van der Waals surface area (Å²) in [7, 11) is 0. The SMILES string of the molecule is N#Cc1cccnc1Nc1ccc(N2CCCC2)nc1. The van der Waals surface area contributed by atoms with E-state index in [1.165, 1.54) is 12.8 Å². The van der Waals surface area contributed by atoms with Gasteiger partial charge in [0.15, 0.2) is 0 Å². The molecule has 100 valence electrons. The predicted octanol–water partition coefficient (Wildman–Crippen LogP) is 2.69. The molecule has 1 aliphatic heterocycles. The number of nitrogens with zero attached hydrogens (tertiary/aromatic N) is 4. The van der Waals surface area contributed by atoms with E-state index >= 15 is 0 Å². The third kappa shape index (κ3) is 2.54. The first-order chi connectivity index (χ1) is 9.86. The van der Waals surface area contributed by atoms with Crippen LogP contribution in [0.15, 0.2) is 36.7 Å². The number of aromatic nitrogens is 2. The van der Waals surface area contributed by atoms with Crippen molar-refractivity contribution in [2.45, 2.75) is 12.8 Å². The second-order valence-electron chi connectivity index (χ2n) is 4.74.